The van der Waals surface area contributed by atoms with Crippen molar-refractivity contribution < 1.29 is 0 Å². The number of hydrogen-bond donors (Lipinski definition) is 0. The van der Waals surface area contributed by atoms with Crippen LogP contribution in [0.1, 0.15) is 23.9 Å². The summed E-state index contributed by atoms with van der Waals surface area (Å²) in [6.45, 7) is 6.39. The van der Waals surface area contributed by atoms with Crippen molar-refractivity contribution in [3.05, 3.63) is 10.6 Å². The average molecular weight is 187 g/mol. The number of rotatable bonds is 3. The van der Waals surface area contributed by atoms with Crippen LogP contribution in [0.5, 0.6) is 0 Å². The number of aryl methyl sites for hydroxylation is 2. The Morgan fingerprint density at radius 2 is 2.18 bits per heavy atom. The zero-order valence-corrected chi connectivity index (χ0v) is 8.81. The predicted molar refractivity (Wildman–Crippen MR) is 52.6 cm³/mol. The largest absolute Gasteiger partial charge is 0.235 e. The van der Waals surface area contributed by atoms with Gasteiger partial charge in [0.1, 0.15) is 4.34 Å². The summed E-state index contributed by atoms with van der Waals surface area (Å²) in [6.07, 6.45) is 1.22. The molecule has 1 heterocycles. The molecule has 1 nitrogen and oxygen atoms in total. The van der Waals surface area contributed by atoms with Crippen LogP contribution in [0.2, 0.25) is 0 Å². The van der Waals surface area contributed by atoms with Gasteiger partial charge in [0.15, 0.2) is 0 Å². The lowest BCUT2D eigenvalue weighted by Crippen LogP contribution is -1.75. The van der Waals surface area contributed by atoms with E-state index in [1.807, 2.05) is 11.8 Å². The second kappa shape index (κ2) is 4.12. The normalized spacial score (nSPS) is 10.5. The van der Waals surface area contributed by atoms with Crippen LogP contribution in [-0.4, -0.2) is 10.7 Å². The second-order valence-electron chi connectivity index (χ2n) is 2.47. The van der Waals surface area contributed by atoms with Gasteiger partial charge in [0, 0.05) is 10.6 Å². The highest BCUT2D eigenvalue weighted by Crippen LogP contribution is 2.26. The Kier molecular flexibility index (Phi) is 3.40. The number of hydrogen-bond acceptors (Lipinski definition) is 3. The van der Waals surface area contributed by atoms with Crippen LogP contribution in [-0.2, 0) is 0 Å². The highest BCUT2D eigenvalue weighted by molar-refractivity contribution is 8.01. The summed E-state index contributed by atoms with van der Waals surface area (Å²) in [6, 6.07) is 0. The molecular formula is C8H13NS2. The second-order valence-corrected chi connectivity index (χ2v) is 5.02. The Morgan fingerprint density at radius 3 is 2.64 bits per heavy atom. The third-order valence-electron chi connectivity index (χ3n) is 1.44. The van der Waals surface area contributed by atoms with E-state index in [9.17, 15) is 0 Å². The first-order chi connectivity index (χ1) is 5.24. The van der Waals surface area contributed by atoms with Gasteiger partial charge in [-0.1, -0.05) is 18.7 Å². The standard InChI is InChI=1S/C8H13NS2/c1-4-5-10-8-9-6(2)7(3)11-8/h4-5H2,1-3H3. The van der Waals surface area contributed by atoms with Crippen LogP contribution in [0.4, 0.5) is 0 Å². The zero-order valence-electron chi connectivity index (χ0n) is 7.18. The molecule has 0 N–H and O–H groups in total. The summed E-state index contributed by atoms with van der Waals surface area (Å²) in [4.78, 5) is 5.78. The van der Waals surface area contributed by atoms with E-state index in [4.69, 9.17) is 0 Å². The van der Waals surface area contributed by atoms with E-state index < -0.39 is 0 Å². The molecule has 0 bridgehead atoms. The van der Waals surface area contributed by atoms with Gasteiger partial charge < -0.3 is 0 Å². The Bertz CT molecular complexity index is 210. The van der Waals surface area contributed by atoms with Crippen molar-refractivity contribution in [2.75, 3.05) is 5.75 Å². The van der Waals surface area contributed by atoms with Crippen LogP contribution < -0.4 is 0 Å². The number of nitrogens with zero attached hydrogens (tertiary/aromatic N) is 1. The molecule has 0 fully saturated rings. The maximum Gasteiger partial charge on any atom is 0.150 e. The molecule has 1 rings (SSSR count). The molecule has 0 aliphatic carbocycles. The lowest BCUT2D eigenvalue weighted by atomic mass is 10.4. The Hall–Kier alpha value is -0.0200. The highest BCUT2D eigenvalue weighted by atomic mass is 32.2. The summed E-state index contributed by atoms with van der Waals surface area (Å²) >= 11 is 3.67. The monoisotopic (exact) mass is 187 g/mol. The van der Waals surface area contributed by atoms with E-state index in [1.54, 1.807) is 11.3 Å². The van der Waals surface area contributed by atoms with E-state index in [2.05, 4.69) is 25.8 Å². The van der Waals surface area contributed by atoms with Crippen molar-refractivity contribution in [1.82, 2.24) is 4.98 Å². The number of thiazole rings is 1. The van der Waals surface area contributed by atoms with Crippen LogP contribution >= 0.6 is 23.1 Å². The van der Waals surface area contributed by atoms with Gasteiger partial charge in [0.25, 0.3) is 0 Å². The van der Waals surface area contributed by atoms with E-state index >= 15 is 0 Å². The maximum atomic E-state index is 4.43. The molecule has 1 aromatic rings. The minimum absolute atomic E-state index is 1.19. The average Bonchev–Trinajstić information content (AvgIpc) is 2.28. The van der Waals surface area contributed by atoms with E-state index in [1.165, 1.54) is 27.1 Å². The first kappa shape index (κ1) is 9.07. The topological polar surface area (TPSA) is 12.9 Å². The summed E-state index contributed by atoms with van der Waals surface area (Å²) in [5.41, 5.74) is 1.19. The van der Waals surface area contributed by atoms with E-state index in [-0.39, 0.29) is 0 Å². The van der Waals surface area contributed by atoms with Crippen molar-refractivity contribution in [2.24, 2.45) is 0 Å². The molecule has 0 spiro atoms. The van der Waals surface area contributed by atoms with Gasteiger partial charge in [0.05, 0.1) is 5.69 Å². The molecular weight excluding hydrogens is 174 g/mol. The molecule has 0 aliphatic heterocycles. The first-order valence-corrected chi connectivity index (χ1v) is 5.61. The fraction of sp³-hybridized carbons (Fsp3) is 0.625. The smallest absolute Gasteiger partial charge is 0.150 e. The summed E-state index contributed by atoms with van der Waals surface area (Å²) < 4.78 is 1.22. The number of thioether (sulfide) groups is 1. The Balaban J connectivity index is 2.58. The lowest BCUT2D eigenvalue weighted by Gasteiger charge is -1.89. The maximum absolute atomic E-state index is 4.43. The fourth-order valence-electron chi connectivity index (χ4n) is 0.694. The summed E-state index contributed by atoms with van der Waals surface area (Å²) in [5.74, 6) is 1.19. The summed E-state index contributed by atoms with van der Waals surface area (Å²) in [7, 11) is 0. The molecule has 0 radical (unpaired) electrons. The molecule has 0 saturated carbocycles. The SMILES string of the molecule is CCCSc1nc(C)c(C)s1. The van der Waals surface area contributed by atoms with Gasteiger partial charge in [-0.2, -0.15) is 0 Å². The molecule has 3 heteroatoms. The van der Waals surface area contributed by atoms with Crippen LogP contribution in [0.25, 0.3) is 0 Å². The minimum atomic E-state index is 1.19. The van der Waals surface area contributed by atoms with Gasteiger partial charge in [-0.15, -0.1) is 11.3 Å². The van der Waals surface area contributed by atoms with Gasteiger partial charge in [-0.25, -0.2) is 4.98 Å². The van der Waals surface area contributed by atoms with Crippen LogP contribution in [0, 0.1) is 13.8 Å². The molecule has 11 heavy (non-hydrogen) atoms. The van der Waals surface area contributed by atoms with Gasteiger partial charge in [-0.05, 0) is 20.3 Å². The fourth-order valence-corrected chi connectivity index (χ4v) is 2.77. The molecule has 0 amide bonds. The van der Waals surface area contributed by atoms with E-state index in [0.717, 1.165) is 0 Å². The number of aromatic nitrogens is 1. The minimum Gasteiger partial charge on any atom is -0.235 e. The van der Waals surface area contributed by atoms with Crippen molar-refractivity contribution in [2.45, 2.75) is 31.5 Å². The molecule has 62 valence electrons. The van der Waals surface area contributed by atoms with E-state index in [0.29, 0.717) is 0 Å². The molecule has 0 atom stereocenters. The Morgan fingerprint density at radius 1 is 1.45 bits per heavy atom. The zero-order chi connectivity index (χ0) is 8.27. The summed E-state index contributed by atoms with van der Waals surface area (Å²) in [5, 5.41) is 0. The predicted octanol–water partition coefficient (Wildman–Crippen LogP) is 3.26. The third-order valence-corrected chi connectivity index (χ3v) is 3.86. The Labute approximate surface area is 76.2 Å². The van der Waals surface area contributed by atoms with Crippen molar-refractivity contribution in [3.63, 3.8) is 0 Å². The molecule has 1 aromatic heterocycles. The quantitative estimate of drug-likeness (QED) is 0.674. The molecule has 0 aromatic carbocycles. The molecule has 0 unspecified atom stereocenters. The van der Waals surface area contributed by atoms with Gasteiger partial charge in [-0.3, -0.25) is 0 Å². The van der Waals surface area contributed by atoms with Crippen LogP contribution in [0.3, 0.4) is 0 Å². The lowest BCUT2D eigenvalue weighted by molar-refractivity contribution is 1.09. The van der Waals surface area contributed by atoms with Gasteiger partial charge in [0.2, 0.25) is 0 Å². The van der Waals surface area contributed by atoms with Gasteiger partial charge >= 0.3 is 0 Å². The van der Waals surface area contributed by atoms with Crippen molar-refractivity contribution >= 4 is 23.1 Å². The molecule has 0 saturated heterocycles. The first-order valence-electron chi connectivity index (χ1n) is 3.81. The molecule has 0 aliphatic rings. The van der Waals surface area contributed by atoms with Crippen molar-refractivity contribution in [1.29, 1.82) is 0 Å². The highest BCUT2D eigenvalue weighted by Gasteiger charge is 2.02. The third kappa shape index (κ3) is 2.49. The van der Waals surface area contributed by atoms with Crippen LogP contribution in [0.15, 0.2) is 4.34 Å². The van der Waals surface area contributed by atoms with Crippen molar-refractivity contribution in [3.8, 4) is 0 Å².